The van der Waals surface area contributed by atoms with Crippen molar-refractivity contribution in [1.29, 1.82) is 0 Å². The van der Waals surface area contributed by atoms with Gasteiger partial charge in [-0.3, -0.25) is 14.4 Å². The van der Waals surface area contributed by atoms with E-state index in [1.54, 1.807) is 38.0 Å². The van der Waals surface area contributed by atoms with Gasteiger partial charge in [0.2, 0.25) is 5.91 Å². The Morgan fingerprint density at radius 3 is 2.41 bits per heavy atom. The summed E-state index contributed by atoms with van der Waals surface area (Å²) in [6.07, 6.45) is 1.04. The number of amides is 1. The Morgan fingerprint density at radius 1 is 1.10 bits per heavy atom. The largest absolute Gasteiger partial charge is 0.508 e. The molecule has 1 aromatic carbocycles. The van der Waals surface area contributed by atoms with Gasteiger partial charge >= 0.3 is 0 Å². The Balaban J connectivity index is 1.88. The summed E-state index contributed by atoms with van der Waals surface area (Å²) in [5.41, 5.74) is 2.66. The number of carbonyl (C=O) groups excluding carboxylic acids is 3. The molecule has 7 N–H and O–H groups in total. The second-order valence-electron chi connectivity index (χ2n) is 11.1. The van der Waals surface area contributed by atoms with Crippen LogP contribution in [0.1, 0.15) is 54.4 Å². The highest BCUT2D eigenvalue weighted by Gasteiger charge is 2.69. The molecule has 10 nitrogen and oxygen atoms in total. The third kappa shape index (κ3) is 4.58. The van der Waals surface area contributed by atoms with Crippen LogP contribution in [0.15, 0.2) is 29.5 Å². The number of nitrogens with two attached hydrogens (primary N) is 1. The van der Waals surface area contributed by atoms with Crippen molar-refractivity contribution in [1.82, 2.24) is 4.90 Å². The van der Waals surface area contributed by atoms with Crippen molar-refractivity contribution in [3.63, 3.8) is 0 Å². The number of phenols is 1. The van der Waals surface area contributed by atoms with E-state index in [-0.39, 0.29) is 16.9 Å². The summed E-state index contributed by atoms with van der Waals surface area (Å²) in [5, 5.41) is 57.0. The van der Waals surface area contributed by atoms with Crippen LogP contribution in [0.3, 0.4) is 0 Å². The number of nitrogens with zero attached hydrogens (tertiary/aromatic N) is 1. The van der Waals surface area contributed by atoms with Gasteiger partial charge in [0.1, 0.15) is 17.4 Å². The molecule has 2 unspecified atom stereocenters. The minimum Gasteiger partial charge on any atom is -0.508 e. The number of rotatable bonds is 9. The molecule has 214 valence electrons. The molecule has 0 aliphatic heterocycles. The SMILES string of the molecule is CCCCCCSC[C@H]1c2cccc(O)c2C(=O)C2=C(O)[C@]3(O)C(=O)C(C(N)=O)C(O)[C@@H](N(C)C)[C@@H]3[C@@H](O)[C@@H]21. The van der Waals surface area contributed by atoms with Crippen LogP contribution in [-0.2, 0) is 9.59 Å². The molecule has 0 aromatic heterocycles. The molecule has 3 aliphatic carbocycles. The van der Waals surface area contributed by atoms with Gasteiger partial charge < -0.3 is 36.2 Å². The van der Waals surface area contributed by atoms with E-state index in [2.05, 4.69) is 6.92 Å². The van der Waals surface area contributed by atoms with Gasteiger partial charge in [0.15, 0.2) is 17.2 Å². The molecule has 0 spiro atoms. The lowest BCUT2D eigenvalue weighted by Crippen LogP contribution is -2.74. The van der Waals surface area contributed by atoms with Crippen molar-refractivity contribution >= 4 is 29.2 Å². The number of phenolic OH excluding ortho intramolecular Hbond substituents is 1. The van der Waals surface area contributed by atoms with E-state index in [1.165, 1.54) is 11.0 Å². The molecule has 4 rings (SSSR count). The number of hydrogen-bond donors (Lipinski definition) is 6. The average Bonchev–Trinajstić information content (AvgIpc) is 2.87. The molecule has 3 aliphatic rings. The lowest BCUT2D eigenvalue weighted by atomic mass is 9.53. The van der Waals surface area contributed by atoms with Gasteiger partial charge in [-0.15, -0.1) is 0 Å². The van der Waals surface area contributed by atoms with Crippen LogP contribution >= 0.6 is 11.8 Å². The average molecular weight is 563 g/mol. The summed E-state index contributed by atoms with van der Waals surface area (Å²) in [6.45, 7) is 2.13. The number of unbranched alkanes of at least 4 members (excludes halogenated alkanes) is 3. The molecule has 1 saturated carbocycles. The molecule has 0 bridgehead atoms. The summed E-state index contributed by atoms with van der Waals surface area (Å²) >= 11 is 1.62. The Bertz CT molecular complexity index is 1190. The monoisotopic (exact) mass is 562 g/mol. The molecule has 0 saturated heterocycles. The van der Waals surface area contributed by atoms with E-state index < -0.39 is 70.8 Å². The maximum atomic E-state index is 13.8. The third-order valence-corrected chi connectivity index (χ3v) is 9.78. The van der Waals surface area contributed by atoms with E-state index in [4.69, 9.17) is 5.73 Å². The summed E-state index contributed by atoms with van der Waals surface area (Å²) in [4.78, 5) is 41.0. The summed E-state index contributed by atoms with van der Waals surface area (Å²) < 4.78 is 0. The van der Waals surface area contributed by atoms with Gasteiger partial charge in [0.25, 0.3) is 0 Å². The second kappa shape index (κ2) is 11.2. The highest BCUT2D eigenvalue weighted by molar-refractivity contribution is 7.99. The van der Waals surface area contributed by atoms with Crippen molar-refractivity contribution in [2.75, 3.05) is 25.6 Å². The fourth-order valence-corrected chi connectivity index (χ4v) is 8.01. The molecular weight excluding hydrogens is 524 g/mol. The Kier molecular flexibility index (Phi) is 8.49. The van der Waals surface area contributed by atoms with Gasteiger partial charge in [-0.05, 0) is 37.9 Å². The van der Waals surface area contributed by atoms with Crippen LogP contribution < -0.4 is 5.73 Å². The molecule has 39 heavy (non-hydrogen) atoms. The number of thioether (sulfide) groups is 1. The van der Waals surface area contributed by atoms with Gasteiger partial charge in [-0.25, -0.2) is 0 Å². The minimum absolute atomic E-state index is 0.0555. The van der Waals surface area contributed by atoms with Crippen LogP contribution in [0, 0.1) is 17.8 Å². The predicted molar refractivity (Wildman–Crippen MR) is 145 cm³/mol. The highest BCUT2D eigenvalue weighted by Crippen LogP contribution is 2.56. The maximum Gasteiger partial charge on any atom is 0.230 e. The zero-order valence-electron chi connectivity index (χ0n) is 22.4. The lowest BCUT2D eigenvalue weighted by Gasteiger charge is -2.56. The summed E-state index contributed by atoms with van der Waals surface area (Å²) in [7, 11) is 3.10. The van der Waals surface area contributed by atoms with Crippen LogP contribution in [0.25, 0.3) is 0 Å². The molecule has 11 heteroatoms. The van der Waals surface area contributed by atoms with E-state index in [0.717, 1.165) is 31.4 Å². The zero-order valence-corrected chi connectivity index (χ0v) is 23.2. The Labute approximate surface area is 231 Å². The predicted octanol–water partition coefficient (Wildman–Crippen LogP) is 1.11. The lowest BCUT2D eigenvalue weighted by molar-refractivity contribution is -0.194. The number of aromatic hydroxyl groups is 1. The van der Waals surface area contributed by atoms with Crippen molar-refractivity contribution in [3.05, 3.63) is 40.7 Å². The first-order valence-corrected chi connectivity index (χ1v) is 14.5. The first-order chi connectivity index (χ1) is 18.4. The molecule has 0 heterocycles. The number of benzene rings is 1. The van der Waals surface area contributed by atoms with E-state index >= 15 is 0 Å². The first kappa shape index (κ1) is 29.5. The van der Waals surface area contributed by atoms with Gasteiger partial charge in [-0.1, -0.05) is 38.3 Å². The molecule has 1 fully saturated rings. The standard InChI is InChI=1S/C28H38N2O8S/c1-4-5-6-7-11-39-12-14-13-9-8-10-15(31)16(13)22(32)18-17(14)23(33)20-21(30(2)3)24(34)19(27(29)37)26(36)28(20,38)25(18)35/h8-10,14,17,19-21,23-24,31,33-35,38H,4-7,11-12H2,1-3H3,(H2,29,37)/t14-,17+,19?,20+,21-,23-,24?,28-/m0/s1. The van der Waals surface area contributed by atoms with Crippen molar-refractivity contribution in [3.8, 4) is 5.75 Å². The van der Waals surface area contributed by atoms with Crippen LogP contribution in [0.4, 0.5) is 0 Å². The number of primary amides is 1. The second-order valence-corrected chi connectivity index (χ2v) is 12.2. The first-order valence-electron chi connectivity index (χ1n) is 13.4. The Hall–Kier alpha value is -2.44. The van der Waals surface area contributed by atoms with Gasteiger partial charge in [-0.2, -0.15) is 11.8 Å². The normalized spacial score (nSPS) is 34.1. The quantitative estimate of drug-likeness (QED) is 0.188. The van der Waals surface area contributed by atoms with Crippen molar-refractivity contribution in [2.45, 2.75) is 62.4 Å². The number of carbonyl (C=O) groups is 3. The number of aliphatic hydroxyl groups excluding tert-OH is 3. The van der Waals surface area contributed by atoms with E-state index in [0.29, 0.717) is 11.3 Å². The molecule has 1 aromatic rings. The number of likely N-dealkylation sites (N-methyl/N-ethyl adjacent to an activating group) is 1. The molecule has 0 radical (unpaired) electrons. The molecular formula is C28H38N2O8S. The number of fused-ring (bicyclic) bond motifs is 3. The Morgan fingerprint density at radius 2 is 1.79 bits per heavy atom. The third-order valence-electron chi connectivity index (χ3n) is 8.61. The van der Waals surface area contributed by atoms with Gasteiger partial charge in [0, 0.05) is 35.1 Å². The molecule has 1 amide bonds. The van der Waals surface area contributed by atoms with Crippen LogP contribution in [-0.4, -0.2) is 97.4 Å². The van der Waals surface area contributed by atoms with E-state index in [1.807, 2.05) is 0 Å². The summed E-state index contributed by atoms with van der Waals surface area (Å²) in [6, 6.07) is 3.48. The minimum atomic E-state index is -2.85. The number of Topliss-reactive ketones (excluding diaryl/α,β-unsaturated/α-hetero) is 2. The van der Waals surface area contributed by atoms with E-state index in [9.17, 15) is 39.9 Å². The molecule has 8 atom stereocenters. The fraction of sp³-hybridized carbons (Fsp3) is 0.607. The number of ketones is 2. The van der Waals surface area contributed by atoms with Crippen LogP contribution in [0.5, 0.6) is 5.75 Å². The summed E-state index contributed by atoms with van der Waals surface area (Å²) in [5.74, 6) is -8.22. The highest BCUT2D eigenvalue weighted by atomic mass is 32.2. The van der Waals surface area contributed by atoms with Crippen molar-refractivity contribution in [2.24, 2.45) is 23.5 Å². The topological polar surface area (TPSA) is 182 Å². The zero-order chi connectivity index (χ0) is 28.8. The van der Waals surface area contributed by atoms with Crippen LogP contribution in [0.2, 0.25) is 0 Å². The van der Waals surface area contributed by atoms with Crippen molar-refractivity contribution < 1.29 is 39.9 Å². The van der Waals surface area contributed by atoms with Gasteiger partial charge in [0.05, 0.1) is 17.8 Å². The number of aliphatic hydroxyl groups is 4. The maximum absolute atomic E-state index is 13.8. The smallest absolute Gasteiger partial charge is 0.230 e. The fourth-order valence-electron chi connectivity index (χ4n) is 6.79. The number of hydrogen-bond acceptors (Lipinski definition) is 10.